The van der Waals surface area contributed by atoms with E-state index in [1.54, 1.807) is 0 Å². The molecule has 162 valence electrons. The highest BCUT2D eigenvalue weighted by molar-refractivity contribution is 6.16. The third-order valence-electron chi connectivity index (χ3n) is 7.19. The average molecular weight is 428 g/mol. The van der Waals surface area contributed by atoms with Gasteiger partial charge >= 0.3 is 11.9 Å². The number of Topliss-reactive ketones (excluding diaryl/α,β-unsaturated/α-hetero) is 1. The van der Waals surface area contributed by atoms with Crippen molar-refractivity contribution >= 4 is 28.5 Å². The van der Waals surface area contributed by atoms with E-state index in [4.69, 9.17) is 9.47 Å². The van der Waals surface area contributed by atoms with Crippen molar-refractivity contribution in [2.75, 3.05) is 14.2 Å². The molecule has 32 heavy (non-hydrogen) atoms. The van der Waals surface area contributed by atoms with Gasteiger partial charge in [-0.2, -0.15) is 0 Å². The maximum Gasteiger partial charge on any atom is 0.320 e. The lowest BCUT2D eigenvalue weighted by atomic mass is 9.61. The molecule has 0 spiro atoms. The summed E-state index contributed by atoms with van der Waals surface area (Å²) < 4.78 is 10.5. The summed E-state index contributed by atoms with van der Waals surface area (Å²) in [5.74, 6) is -1.63. The molecular weight excluding hydrogens is 404 g/mol. The summed E-state index contributed by atoms with van der Waals surface area (Å²) in [4.78, 5) is 41.3. The van der Waals surface area contributed by atoms with E-state index in [1.807, 2.05) is 60.7 Å². The Balaban J connectivity index is 1.91. The first-order chi connectivity index (χ1) is 15.4. The minimum absolute atomic E-state index is 0.167. The molecule has 0 heterocycles. The number of ketones is 1. The SMILES string of the molecule is COC(=O)[C@]12Cc3ccccc3C[C@](C(=O)OC)(Cc3cccc4cccc(c34)C1)C2=O. The average Bonchev–Trinajstić information content (AvgIpc) is 2.93. The van der Waals surface area contributed by atoms with Crippen molar-refractivity contribution in [3.8, 4) is 0 Å². The van der Waals surface area contributed by atoms with Gasteiger partial charge in [-0.1, -0.05) is 60.7 Å². The van der Waals surface area contributed by atoms with E-state index in [0.29, 0.717) is 0 Å². The zero-order valence-corrected chi connectivity index (χ0v) is 18.1. The third kappa shape index (κ3) is 2.73. The largest absolute Gasteiger partial charge is 0.468 e. The third-order valence-corrected chi connectivity index (χ3v) is 7.19. The molecule has 0 saturated carbocycles. The Morgan fingerprint density at radius 2 is 1.06 bits per heavy atom. The fourth-order valence-corrected chi connectivity index (χ4v) is 5.77. The van der Waals surface area contributed by atoms with Crippen LogP contribution in [0.1, 0.15) is 22.3 Å². The van der Waals surface area contributed by atoms with Crippen LogP contribution in [0.2, 0.25) is 0 Å². The molecule has 5 heteroatoms. The highest BCUT2D eigenvalue weighted by Gasteiger charge is 2.61. The number of ether oxygens (including phenoxy) is 2. The molecule has 0 saturated heterocycles. The Morgan fingerprint density at radius 3 is 1.50 bits per heavy atom. The van der Waals surface area contributed by atoms with Crippen LogP contribution in [-0.4, -0.2) is 31.9 Å². The summed E-state index contributed by atoms with van der Waals surface area (Å²) in [5.41, 5.74) is 0.559. The standard InChI is InChI=1S/C27H24O5/c1-31-24(29)26-13-18-7-3-4-8-19(18)14-27(23(26)28,25(30)32-2)16-21-12-6-10-17-9-5-11-20(15-26)22(17)21/h3-12H,13-16H2,1-2H3/t26-,27+. The fraction of sp³-hybridized carbons (Fsp3) is 0.296. The van der Waals surface area contributed by atoms with Gasteiger partial charge in [-0.25, -0.2) is 0 Å². The van der Waals surface area contributed by atoms with Crippen LogP contribution >= 0.6 is 0 Å². The molecule has 0 N–H and O–H groups in total. The maximum atomic E-state index is 14.4. The number of fused-ring (bicyclic) bond motifs is 3. The summed E-state index contributed by atoms with van der Waals surface area (Å²) in [5, 5.41) is 2.01. The minimum atomic E-state index is -1.52. The van der Waals surface area contributed by atoms with Gasteiger partial charge in [-0.3, -0.25) is 14.4 Å². The minimum Gasteiger partial charge on any atom is -0.468 e. The van der Waals surface area contributed by atoms with E-state index in [-0.39, 0.29) is 25.7 Å². The van der Waals surface area contributed by atoms with Crippen LogP contribution in [0.3, 0.4) is 0 Å². The molecule has 0 fully saturated rings. The van der Waals surface area contributed by atoms with E-state index in [9.17, 15) is 14.4 Å². The molecule has 3 aromatic carbocycles. The van der Waals surface area contributed by atoms with Gasteiger partial charge in [0.2, 0.25) is 0 Å². The van der Waals surface area contributed by atoms with E-state index < -0.39 is 28.6 Å². The number of carbonyl (C=O) groups excluding carboxylic acids is 3. The zero-order chi connectivity index (χ0) is 22.5. The molecule has 5 nitrogen and oxygen atoms in total. The van der Waals surface area contributed by atoms with E-state index >= 15 is 0 Å². The van der Waals surface area contributed by atoms with Gasteiger partial charge < -0.3 is 9.47 Å². The summed E-state index contributed by atoms with van der Waals surface area (Å²) in [7, 11) is 2.60. The molecular formula is C27H24O5. The maximum absolute atomic E-state index is 14.4. The van der Waals surface area contributed by atoms with Crippen molar-refractivity contribution in [2.24, 2.45) is 10.8 Å². The van der Waals surface area contributed by atoms with Crippen LogP contribution in [-0.2, 0) is 49.5 Å². The van der Waals surface area contributed by atoms with Crippen LogP contribution in [0.25, 0.3) is 10.8 Å². The molecule has 2 aliphatic carbocycles. The molecule has 0 amide bonds. The summed E-state index contributed by atoms with van der Waals surface area (Å²) in [6.45, 7) is 0. The van der Waals surface area contributed by atoms with E-state index in [0.717, 1.165) is 33.0 Å². The summed E-state index contributed by atoms with van der Waals surface area (Å²) >= 11 is 0. The molecule has 0 radical (unpaired) electrons. The van der Waals surface area contributed by atoms with Crippen molar-refractivity contribution in [1.29, 1.82) is 0 Å². The quantitative estimate of drug-likeness (QED) is 0.461. The molecule has 0 aliphatic heterocycles. The van der Waals surface area contributed by atoms with Crippen LogP contribution < -0.4 is 0 Å². The van der Waals surface area contributed by atoms with Gasteiger partial charge in [0.25, 0.3) is 0 Å². The zero-order valence-electron chi connectivity index (χ0n) is 18.1. The lowest BCUT2D eigenvalue weighted by molar-refractivity contribution is -0.168. The van der Waals surface area contributed by atoms with Gasteiger partial charge in [0.1, 0.15) is 10.8 Å². The van der Waals surface area contributed by atoms with Gasteiger partial charge in [0.05, 0.1) is 14.2 Å². The highest BCUT2D eigenvalue weighted by Crippen LogP contribution is 2.49. The van der Waals surface area contributed by atoms with Crippen LogP contribution in [0.15, 0.2) is 60.7 Å². The van der Waals surface area contributed by atoms with Crippen LogP contribution in [0.5, 0.6) is 0 Å². The number of esters is 2. The van der Waals surface area contributed by atoms with Crippen molar-refractivity contribution in [2.45, 2.75) is 25.7 Å². The monoisotopic (exact) mass is 428 g/mol. The second-order valence-corrected chi connectivity index (χ2v) is 8.88. The molecule has 2 atom stereocenters. The van der Waals surface area contributed by atoms with Gasteiger partial charge in [0.15, 0.2) is 5.78 Å². The second-order valence-electron chi connectivity index (χ2n) is 8.88. The summed E-state index contributed by atoms with van der Waals surface area (Å²) in [6, 6.07) is 19.5. The Hall–Kier alpha value is -3.47. The topological polar surface area (TPSA) is 69.7 Å². The smallest absolute Gasteiger partial charge is 0.320 e. The predicted octanol–water partition coefficient (Wildman–Crippen LogP) is 3.63. The number of hydrogen-bond acceptors (Lipinski definition) is 5. The van der Waals surface area contributed by atoms with Crippen LogP contribution in [0.4, 0.5) is 0 Å². The first-order valence-corrected chi connectivity index (χ1v) is 10.7. The van der Waals surface area contributed by atoms with Gasteiger partial charge in [-0.05, 0) is 58.7 Å². The Kier molecular flexibility index (Phi) is 4.66. The number of methoxy groups -OCH3 is 2. The number of hydrogen-bond donors (Lipinski definition) is 0. The molecule has 5 rings (SSSR count). The van der Waals surface area contributed by atoms with Crippen molar-refractivity contribution in [1.82, 2.24) is 0 Å². The fourth-order valence-electron chi connectivity index (χ4n) is 5.77. The molecule has 2 aliphatic rings. The number of benzene rings is 3. The normalized spacial score (nSPS) is 24.0. The Labute approximate surface area is 186 Å². The van der Waals surface area contributed by atoms with Gasteiger partial charge in [0, 0.05) is 0 Å². The van der Waals surface area contributed by atoms with Crippen molar-refractivity contribution in [3.05, 3.63) is 82.9 Å². The van der Waals surface area contributed by atoms with E-state index in [1.165, 1.54) is 14.2 Å². The molecule has 0 aromatic heterocycles. The first-order valence-electron chi connectivity index (χ1n) is 10.7. The number of carbonyl (C=O) groups is 3. The van der Waals surface area contributed by atoms with Crippen molar-refractivity contribution in [3.63, 3.8) is 0 Å². The summed E-state index contributed by atoms with van der Waals surface area (Å²) in [6.07, 6.45) is 0.706. The second kappa shape index (κ2) is 7.30. The highest BCUT2D eigenvalue weighted by atomic mass is 16.5. The van der Waals surface area contributed by atoms with Crippen LogP contribution in [0, 0.1) is 10.8 Å². The Bertz CT molecular complexity index is 1180. The van der Waals surface area contributed by atoms with Gasteiger partial charge in [-0.15, -0.1) is 0 Å². The first kappa shape index (κ1) is 20.4. The Morgan fingerprint density at radius 1 is 0.656 bits per heavy atom. The molecule has 2 bridgehead atoms. The number of rotatable bonds is 2. The lowest BCUT2D eigenvalue weighted by Gasteiger charge is -2.39. The lowest BCUT2D eigenvalue weighted by Crippen LogP contribution is -2.56. The predicted molar refractivity (Wildman–Crippen MR) is 119 cm³/mol. The van der Waals surface area contributed by atoms with E-state index in [2.05, 4.69) is 0 Å². The molecule has 0 unspecified atom stereocenters. The van der Waals surface area contributed by atoms with Crippen molar-refractivity contribution < 1.29 is 23.9 Å². The molecule has 3 aromatic rings.